The lowest BCUT2D eigenvalue weighted by molar-refractivity contribution is -0.119. The number of carbonyl (C=O) groups excluding carboxylic acids is 1. The second kappa shape index (κ2) is 11.1. The van der Waals surface area contributed by atoms with Gasteiger partial charge in [-0.25, -0.2) is 8.42 Å². The number of ether oxygens (including phenoxy) is 3. The highest BCUT2D eigenvalue weighted by atomic mass is 35.5. The van der Waals surface area contributed by atoms with E-state index in [1.165, 1.54) is 36.4 Å². The van der Waals surface area contributed by atoms with Crippen LogP contribution in [0.3, 0.4) is 0 Å². The molecular weight excluding hydrogens is 466 g/mol. The van der Waals surface area contributed by atoms with Gasteiger partial charge in [-0.15, -0.1) is 0 Å². The van der Waals surface area contributed by atoms with Crippen LogP contribution in [0.2, 0.25) is 5.02 Å². The number of anilines is 1. The Kier molecular flexibility index (Phi) is 8.19. The molecule has 0 aliphatic rings. The second-order valence-corrected chi connectivity index (χ2v) is 8.96. The number of rotatable bonds is 10. The summed E-state index contributed by atoms with van der Waals surface area (Å²) in [5.41, 5.74) is 0.161. The molecule has 0 unspecified atom stereocenters. The molecular formula is C24H24ClNO6S. The number of carbonyl (C=O) groups is 1. The van der Waals surface area contributed by atoms with E-state index in [4.69, 9.17) is 25.8 Å². The number of sulfonamides is 1. The monoisotopic (exact) mass is 489 g/mol. The summed E-state index contributed by atoms with van der Waals surface area (Å²) in [6, 6.07) is 18.5. The molecule has 3 rings (SSSR count). The lowest BCUT2D eigenvalue weighted by atomic mass is 10.3. The van der Waals surface area contributed by atoms with Crippen molar-refractivity contribution in [3.8, 4) is 17.2 Å². The van der Waals surface area contributed by atoms with Crippen LogP contribution in [0, 0.1) is 0 Å². The van der Waals surface area contributed by atoms with E-state index in [0.717, 1.165) is 4.31 Å². The predicted octanol–water partition coefficient (Wildman–Crippen LogP) is 4.94. The van der Waals surface area contributed by atoms with Gasteiger partial charge in [0.25, 0.3) is 15.9 Å². The fraction of sp³-hybridized carbons (Fsp3) is 0.208. The van der Waals surface area contributed by atoms with Gasteiger partial charge in [-0.1, -0.05) is 11.6 Å². The van der Waals surface area contributed by atoms with Crippen molar-refractivity contribution in [1.82, 2.24) is 0 Å². The number of amides is 1. The summed E-state index contributed by atoms with van der Waals surface area (Å²) in [6.45, 7) is 4.21. The van der Waals surface area contributed by atoms with Crippen LogP contribution in [0.1, 0.15) is 13.8 Å². The van der Waals surface area contributed by atoms with Gasteiger partial charge in [0.1, 0.15) is 17.2 Å². The number of halogens is 1. The number of benzene rings is 3. The van der Waals surface area contributed by atoms with Crippen LogP contribution in [0.5, 0.6) is 17.2 Å². The largest absolute Gasteiger partial charge is 0.494 e. The van der Waals surface area contributed by atoms with E-state index < -0.39 is 22.5 Å². The van der Waals surface area contributed by atoms with Crippen molar-refractivity contribution in [3.05, 3.63) is 77.8 Å². The highest BCUT2D eigenvalue weighted by Crippen LogP contribution is 2.27. The van der Waals surface area contributed by atoms with Crippen LogP contribution in [0.25, 0.3) is 0 Å². The fourth-order valence-electron chi connectivity index (χ4n) is 2.98. The summed E-state index contributed by atoms with van der Waals surface area (Å²) in [5, 5.41) is 0.381. The van der Waals surface area contributed by atoms with Crippen LogP contribution < -0.4 is 18.5 Å². The average Bonchev–Trinajstić information content (AvgIpc) is 2.80. The van der Waals surface area contributed by atoms with Gasteiger partial charge in [-0.3, -0.25) is 4.79 Å². The zero-order valence-electron chi connectivity index (χ0n) is 18.2. The van der Waals surface area contributed by atoms with Gasteiger partial charge in [0.05, 0.1) is 23.8 Å². The molecule has 0 aliphatic heterocycles. The Morgan fingerprint density at radius 2 is 1.21 bits per heavy atom. The maximum absolute atomic E-state index is 13.4. The molecule has 3 aromatic carbocycles. The molecule has 0 heterocycles. The van der Waals surface area contributed by atoms with Crippen molar-refractivity contribution in [1.29, 1.82) is 0 Å². The maximum atomic E-state index is 13.4. The van der Waals surface area contributed by atoms with Crippen molar-refractivity contribution < 1.29 is 27.4 Å². The molecule has 0 bridgehead atoms. The summed E-state index contributed by atoms with van der Waals surface area (Å²) in [5.74, 6) is 0.867. The topological polar surface area (TPSA) is 82.1 Å². The summed E-state index contributed by atoms with van der Waals surface area (Å²) in [7, 11) is -4.23. The first-order valence-corrected chi connectivity index (χ1v) is 12.1. The maximum Gasteiger partial charge on any atom is 0.278 e. The first kappa shape index (κ1) is 24.4. The summed E-state index contributed by atoms with van der Waals surface area (Å²) in [4.78, 5) is 13.0. The van der Waals surface area contributed by atoms with Gasteiger partial charge < -0.3 is 14.2 Å². The van der Waals surface area contributed by atoms with Crippen LogP contribution in [0.15, 0.2) is 77.7 Å². The van der Waals surface area contributed by atoms with Gasteiger partial charge in [-0.05, 0) is 86.6 Å². The third-order valence-corrected chi connectivity index (χ3v) is 6.47. The standard InChI is InChI=1S/C24H24ClNO6S/c1-3-30-20-9-7-19(8-10-20)26(33(28,29)23-15-5-18(25)6-16-23)24(27)17-32-22-13-11-21(12-14-22)31-4-2/h5-16H,3-4,17H2,1-2H3. The third kappa shape index (κ3) is 6.18. The Balaban J connectivity index is 1.88. The zero-order valence-corrected chi connectivity index (χ0v) is 19.8. The molecule has 174 valence electrons. The van der Waals surface area contributed by atoms with Crippen molar-refractivity contribution in [2.45, 2.75) is 18.7 Å². The molecule has 0 aromatic heterocycles. The lowest BCUT2D eigenvalue weighted by Gasteiger charge is -2.23. The normalized spacial score (nSPS) is 11.0. The average molecular weight is 490 g/mol. The first-order valence-electron chi connectivity index (χ1n) is 10.3. The van der Waals surface area contributed by atoms with Gasteiger partial charge in [0, 0.05) is 5.02 Å². The molecule has 1 amide bonds. The fourth-order valence-corrected chi connectivity index (χ4v) is 4.51. The van der Waals surface area contributed by atoms with Crippen LogP contribution in [-0.4, -0.2) is 34.1 Å². The molecule has 0 atom stereocenters. The molecule has 0 saturated carbocycles. The van der Waals surface area contributed by atoms with E-state index >= 15 is 0 Å². The lowest BCUT2D eigenvalue weighted by Crippen LogP contribution is -2.40. The summed E-state index contributed by atoms with van der Waals surface area (Å²) in [6.07, 6.45) is 0. The quantitative estimate of drug-likeness (QED) is 0.401. The number of nitrogens with zero attached hydrogens (tertiary/aromatic N) is 1. The van der Waals surface area contributed by atoms with Crippen LogP contribution in [0.4, 0.5) is 5.69 Å². The molecule has 0 aliphatic carbocycles. The molecule has 0 saturated heterocycles. The number of hydrogen-bond acceptors (Lipinski definition) is 6. The van der Waals surface area contributed by atoms with Crippen molar-refractivity contribution in [3.63, 3.8) is 0 Å². The minimum absolute atomic E-state index is 0.0739. The van der Waals surface area contributed by atoms with Gasteiger partial charge in [0.2, 0.25) is 0 Å². The SMILES string of the molecule is CCOc1ccc(OCC(=O)N(c2ccc(OCC)cc2)S(=O)(=O)c2ccc(Cl)cc2)cc1. The Labute approximate surface area is 198 Å². The highest BCUT2D eigenvalue weighted by Gasteiger charge is 2.31. The van der Waals surface area contributed by atoms with E-state index in [-0.39, 0.29) is 10.6 Å². The minimum Gasteiger partial charge on any atom is -0.494 e. The second-order valence-electron chi connectivity index (χ2n) is 6.74. The Bertz CT molecular complexity index is 1160. The molecule has 7 nitrogen and oxygen atoms in total. The van der Waals surface area contributed by atoms with Crippen LogP contribution in [-0.2, 0) is 14.8 Å². The Hall–Kier alpha value is -3.23. The van der Waals surface area contributed by atoms with E-state index in [2.05, 4.69) is 0 Å². The van der Waals surface area contributed by atoms with Crippen LogP contribution >= 0.6 is 11.6 Å². The van der Waals surface area contributed by atoms with Gasteiger partial charge in [0.15, 0.2) is 6.61 Å². The molecule has 0 radical (unpaired) electrons. The van der Waals surface area contributed by atoms with E-state index in [1.807, 2.05) is 13.8 Å². The predicted molar refractivity (Wildman–Crippen MR) is 127 cm³/mol. The molecule has 33 heavy (non-hydrogen) atoms. The van der Waals surface area contributed by atoms with Gasteiger partial charge >= 0.3 is 0 Å². The molecule has 3 aromatic rings. The molecule has 0 spiro atoms. The Morgan fingerprint density at radius 1 is 0.758 bits per heavy atom. The van der Waals surface area contributed by atoms with Crippen molar-refractivity contribution >= 4 is 33.2 Å². The zero-order chi connectivity index (χ0) is 23.8. The van der Waals surface area contributed by atoms with E-state index in [1.54, 1.807) is 36.4 Å². The van der Waals surface area contributed by atoms with E-state index in [0.29, 0.717) is 35.5 Å². The molecule has 0 N–H and O–H groups in total. The summed E-state index contributed by atoms with van der Waals surface area (Å²) >= 11 is 5.90. The third-order valence-electron chi connectivity index (χ3n) is 4.46. The Morgan fingerprint density at radius 3 is 1.70 bits per heavy atom. The van der Waals surface area contributed by atoms with E-state index in [9.17, 15) is 13.2 Å². The van der Waals surface area contributed by atoms with Crippen molar-refractivity contribution in [2.24, 2.45) is 0 Å². The van der Waals surface area contributed by atoms with Gasteiger partial charge in [-0.2, -0.15) is 4.31 Å². The smallest absolute Gasteiger partial charge is 0.278 e. The summed E-state index contributed by atoms with van der Waals surface area (Å²) < 4.78 is 43.8. The number of hydrogen-bond donors (Lipinski definition) is 0. The molecule has 9 heteroatoms. The first-order chi connectivity index (χ1) is 15.8. The minimum atomic E-state index is -4.23. The molecule has 0 fully saturated rings. The highest BCUT2D eigenvalue weighted by molar-refractivity contribution is 7.93. The van der Waals surface area contributed by atoms with Crippen molar-refractivity contribution in [2.75, 3.05) is 24.1 Å².